The summed E-state index contributed by atoms with van der Waals surface area (Å²) >= 11 is 0. The van der Waals surface area contributed by atoms with Crippen LogP contribution in [0.5, 0.6) is 0 Å². The molecule has 0 amide bonds. The van der Waals surface area contributed by atoms with Gasteiger partial charge in [-0.25, -0.2) is 0 Å². The van der Waals surface area contributed by atoms with Gasteiger partial charge in [0.05, 0.1) is 0 Å². The summed E-state index contributed by atoms with van der Waals surface area (Å²) in [5.74, 6) is 0. The summed E-state index contributed by atoms with van der Waals surface area (Å²) in [7, 11) is -2.18. The fourth-order valence-corrected chi connectivity index (χ4v) is 1.93. The van der Waals surface area contributed by atoms with E-state index in [2.05, 4.69) is 25.8 Å². The summed E-state index contributed by atoms with van der Waals surface area (Å²) in [6.45, 7) is 9.94. The first kappa shape index (κ1) is 11.5. The van der Waals surface area contributed by atoms with Gasteiger partial charge in [0, 0.05) is 17.7 Å². The second-order valence-electron chi connectivity index (χ2n) is 5.03. The molecule has 3 heteroatoms. The highest BCUT2D eigenvalue weighted by Gasteiger charge is 2.18. The van der Waals surface area contributed by atoms with Crippen LogP contribution in [-0.2, 0) is 9.98 Å². The minimum absolute atomic E-state index is 0.0676. The lowest BCUT2D eigenvalue weighted by atomic mass is 9.88. The molecule has 1 rings (SSSR count). The fraction of sp³-hybridized carbons (Fsp3) is 0.545. The minimum Gasteiger partial charge on any atom is -0.319 e. The van der Waals surface area contributed by atoms with Crippen LogP contribution in [0, 0.1) is 0 Å². The predicted molar refractivity (Wildman–Crippen MR) is 62.0 cm³/mol. The third-order valence-corrected chi connectivity index (χ3v) is 3.70. The Hall–Kier alpha value is -0.620. The Morgan fingerprint density at radius 3 is 2.21 bits per heavy atom. The normalized spacial score (nSPS) is 12.9. The van der Waals surface area contributed by atoms with Gasteiger partial charge in [0.15, 0.2) is 0 Å². The molecule has 0 atom stereocenters. The minimum atomic E-state index is -2.18. The molecule has 0 unspecified atom stereocenters. The highest BCUT2D eigenvalue weighted by atomic mass is 31.2. The quantitative estimate of drug-likeness (QED) is 0.668. The first-order chi connectivity index (χ1) is 6.21. The molecule has 14 heavy (non-hydrogen) atoms. The van der Waals surface area contributed by atoms with E-state index in [1.165, 1.54) is 0 Å². The van der Waals surface area contributed by atoms with Gasteiger partial charge in [0.2, 0.25) is 0 Å². The van der Waals surface area contributed by atoms with Crippen LogP contribution < -0.4 is 5.30 Å². The number of hydrogen-bond donors (Lipinski definition) is 0. The monoisotopic (exact) mass is 211 g/mol. The van der Waals surface area contributed by atoms with Gasteiger partial charge in [0.1, 0.15) is 7.14 Å². The number of hydrogen-bond acceptors (Lipinski definition) is 2. The molecule has 0 aromatic carbocycles. The molecule has 0 spiro atoms. The Morgan fingerprint density at radius 2 is 1.79 bits per heavy atom. The van der Waals surface area contributed by atoms with Crippen molar-refractivity contribution in [2.24, 2.45) is 0 Å². The van der Waals surface area contributed by atoms with Crippen LogP contribution in [0.4, 0.5) is 0 Å². The van der Waals surface area contributed by atoms with Crippen LogP contribution in [0.3, 0.4) is 0 Å². The van der Waals surface area contributed by atoms with Gasteiger partial charge in [-0.1, -0.05) is 20.8 Å². The molecule has 0 aliphatic heterocycles. The number of pyridine rings is 1. The van der Waals surface area contributed by atoms with E-state index in [4.69, 9.17) is 0 Å². The lowest BCUT2D eigenvalue weighted by Gasteiger charge is -2.19. The average Bonchev–Trinajstić information content (AvgIpc) is 2.01. The van der Waals surface area contributed by atoms with Gasteiger partial charge in [-0.15, -0.1) is 0 Å². The Labute approximate surface area is 86.1 Å². The zero-order valence-electron chi connectivity index (χ0n) is 9.53. The molecule has 0 saturated heterocycles. The van der Waals surface area contributed by atoms with E-state index in [-0.39, 0.29) is 5.41 Å². The summed E-state index contributed by atoms with van der Waals surface area (Å²) in [6.07, 6.45) is 3.55. The van der Waals surface area contributed by atoms with Crippen molar-refractivity contribution in [3.8, 4) is 0 Å². The second kappa shape index (κ2) is 3.51. The van der Waals surface area contributed by atoms with Gasteiger partial charge in [-0.05, 0) is 30.4 Å². The Morgan fingerprint density at radius 1 is 1.21 bits per heavy atom. The maximum Gasteiger partial charge on any atom is 0.111 e. The smallest absolute Gasteiger partial charge is 0.111 e. The van der Waals surface area contributed by atoms with Gasteiger partial charge in [-0.3, -0.25) is 4.98 Å². The molecule has 0 radical (unpaired) electrons. The summed E-state index contributed by atoms with van der Waals surface area (Å²) in [5.41, 5.74) is 1.21. The molecule has 78 valence electrons. The molecule has 0 saturated carbocycles. The first-order valence-electron chi connectivity index (χ1n) is 4.72. The second-order valence-corrected chi connectivity index (χ2v) is 8.25. The number of aromatic nitrogens is 1. The third kappa shape index (κ3) is 2.68. The maximum atomic E-state index is 11.9. The van der Waals surface area contributed by atoms with E-state index in [1.807, 2.05) is 12.3 Å². The lowest BCUT2D eigenvalue weighted by Crippen LogP contribution is -2.15. The maximum absolute atomic E-state index is 11.9. The summed E-state index contributed by atoms with van der Waals surface area (Å²) in [6, 6.07) is 2.01. The molecule has 1 aromatic rings. The zero-order valence-corrected chi connectivity index (χ0v) is 10.4. The number of rotatable bonds is 1. The van der Waals surface area contributed by atoms with E-state index in [0.717, 1.165) is 10.9 Å². The molecule has 0 bridgehead atoms. The summed E-state index contributed by atoms with van der Waals surface area (Å²) < 4.78 is 11.9. The zero-order chi connectivity index (χ0) is 11.0. The highest BCUT2D eigenvalue weighted by Crippen LogP contribution is 2.35. The molecule has 0 N–H and O–H groups in total. The van der Waals surface area contributed by atoms with Crippen LogP contribution >= 0.6 is 7.14 Å². The van der Waals surface area contributed by atoms with E-state index in [1.54, 1.807) is 19.5 Å². The molecule has 0 fully saturated rings. The van der Waals surface area contributed by atoms with Crippen molar-refractivity contribution < 1.29 is 4.57 Å². The fourth-order valence-electron chi connectivity index (χ4n) is 1.13. The van der Waals surface area contributed by atoms with E-state index < -0.39 is 7.14 Å². The highest BCUT2D eigenvalue weighted by molar-refractivity contribution is 7.70. The van der Waals surface area contributed by atoms with E-state index in [9.17, 15) is 4.57 Å². The van der Waals surface area contributed by atoms with Crippen LogP contribution in [-0.4, -0.2) is 18.3 Å². The topological polar surface area (TPSA) is 30.0 Å². The Balaban J connectivity index is 3.22. The number of nitrogens with zero attached hydrogens (tertiary/aromatic N) is 1. The Bertz CT molecular complexity index is 373. The Kier molecular flexibility index (Phi) is 2.87. The van der Waals surface area contributed by atoms with Crippen molar-refractivity contribution in [3.63, 3.8) is 0 Å². The van der Waals surface area contributed by atoms with Crippen molar-refractivity contribution in [3.05, 3.63) is 24.0 Å². The first-order valence-corrected chi connectivity index (χ1v) is 7.32. The van der Waals surface area contributed by atoms with Crippen molar-refractivity contribution in [2.75, 3.05) is 13.3 Å². The van der Waals surface area contributed by atoms with Crippen molar-refractivity contribution in [1.29, 1.82) is 0 Å². The molecule has 0 aliphatic rings. The van der Waals surface area contributed by atoms with E-state index >= 15 is 0 Å². The average molecular weight is 211 g/mol. The van der Waals surface area contributed by atoms with E-state index in [0.29, 0.717) is 0 Å². The van der Waals surface area contributed by atoms with Gasteiger partial charge < -0.3 is 4.57 Å². The van der Waals surface area contributed by atoms with Crippen molar-refractivity contribution in [2.45, 2.75) is 26.2 Å². The molecule has 2 nitrogen and oxygen atoms in total. The largest absolute Gasteiger partial charge is 0.319 e. The van der Waals surface area contributed by atoms with Crippen molar-refractivity contribution in [1.82, 2.24) is 4.98 Å². The molecule has 0 aliphatic carbocycles. The van der Waals surface area contributed by atoms with Crippen LogP contribution in [0.1, 0.15) is 26.3 Å². The standard InChI is InChI=1S/C11H18NOP/c1-11(2,3)9-6-10(8-12-7-9)14(4,5)13/h6-8H,1-5H3. The van der Waals surface area contributed by atoms with Crippen molar-refractivity contribution >= 4 is 12.4 Å². The lowest BCUT2D eigenvalue weighted by molar-refractivity contribution is 0.584. The molecular weight excluding hydrogens is 193 g/mol. The van der Waals surface area contributed by atoms with Crippen LogP contribution in [0.2, 0.25) is 0 Å². The molecular formula is C11H18NOP. The third-order valence-electron chi connectivity index (χ3n) is 2.21. The molecule has 1 aromatic heterocycles. The van der Waals surface area contributed by atoms with Gasteiger partial charge in [-0.2, -0.15) is 0 Å². The molecule has 1 heterocycles. The van der Waals surface area contributed by atoms with Gasteiger partial charge in [0.25, 0.3) is 0 Å². The van der Waals surface area contributed by atoms with Crippen LogP contribution in [0.25, 0.3) is 0 Å². The predicted octanol–water partition coefficient (Wildman–Crippen LogP) is 2.63. The van der Waals surface area contributed by atoms with Crippen LogP contribution in [0.15, 0.2) is 18.5 Å². The van der Waals surface area contributed by atoms with Gasteiger partial charge >= 0.3 is 0 Å². The SMILES string of the molecule is CC(C)(C)c1cncc(P(C)(C)=O)c1. The summed E-state index contributed by atoms with van der Waals surface area (Å²) in [5, 5.41) is 0.866. The summed E-state index contributed by atoms with van der Waals surface area (Å²) in [4.78, 5) is 4.15.